The molecule has 1 saturated carbocycles. The number of anilines is 2. The molecule has 0 unspecified atom stereocenters. The van der Waals surface area contributed by atoms with E-state index in [1.807, 2.05) is 24.0 Å². The minimum Gasteiger partial charge on any atom is -0.457 e. The van der Waals surface area contributed by atoms with Gasteiger partial charge in [0.2, 0.25) is 5.91 Å². The summed E-state index contributed by atoms with van der Waals surface area (Å²) in [4.78, 5) is 31.8. The summed E-state index contributed by atoms with van der Waals surface area (Å²) in [6.07, 6.45) is 7.97. The topological polar surface area (TPSA) is 110 Å². The molecule has 0 spiro atoms. The zero-order valence-corrected chi connectivity index (χ0v) is 22.4. The fraction of sp³-hybridized carbons (Fsp3) is 0.267. The number of ether oxygens (including phenoxy) is 1. The van der Waals surface area contributed by atoms with E-state index >= 15 is 4.39 Å². The number of likely N-dealkylation sites (tertiary alicyclic amines) is 1. The number of halogens is 1. The predicted octanol–water partition coefficient (Wildman–Crippen LogP) is 5.19. The van der Waals surface area contributed by atoms with E-state index in [0.29, 0.717) is 45.8 Å². The Morgan fingerprint density at radius 1 is 1.10 bits per heavy atom. The van der Waals surface area contributed by atoms with Crippen molar-refractivity contribution in [3.8, 4) is 11.5 Å². The second-order valence-electron chi connectivity index (χ2n) is 10.7. The number of nitrogens with one attached hydrogen (secondary N) is 1. The quantitative estimate of drug-likeness (QED) is 0.288. The summed E-state index contributed by atoms with van der Waals surface area (Å²) in [6.45, 7) is 7.00. The first kappa shape index (κ1) is 25.1. The number of carbonyl (C=O) groups excluding carboxylic acids is 1. The number of hydrogen-bond donors (Lipinski definition) is 1. The summed E-state index contributed by atoms with van der Waals surface area (Å²) in [5.41, 5.74) is 3.86. The van der Waals surface area contributed by atoms with Crippen LogP contribution in [-0.4, -0.2) is 53.4 Å². The lowest BCUT2D eigenvalue weighted by Crippen LogP contribution is -2.27. The Morgan fingerprint density at radius 3 is 2.73 bits per heavy atom. The van der Waals surface area contributed by atoms with Gasteiger partial charge in [0.15, 0.2) is 11.5 Å². The third kappa shape index (κ3) is 4.62. The number of aryl methyl sites for hydroxylation is 1. The van der Waals surface area contributed by atoms with Crippen molar-refractivity contribution in [2.24, 2.45) is 11.8 Å². The van der Waals surface area contributed by atoms with Crippen molar-refractivity contribution in [2.75, 3.05) is 18.4 Å². The number of aromatic nitrogens is 6. The number of carbonyl (C=O) groups is 1. The van der Waals surface area contributed by atoms with Crippen LogP contribution in [0.25, 0.3) is 16.7 Å². The van der Waals surface area contributed by atoms with E-state index in [0.717, 1.165) is 37.2 Å². The molecule has 2 fully saturated rings. The zero-order valence-electron chi connectivity index (χ0n) is 22.4. The average Bonchev–Trinajstić information content (AvgIpc) is 3.70. The van der Waals surface area contributed by atoms with E-state index in [2.05, 4.69) is 31.9 Å². The Bertz CT molecular complexity index is 1810. The maximum absolute atomic E-state index is 15.3. The summed E-state index contributed by atoms with van der Waals surface area (Å²) in [5, 5.41) is 7.21. The standard InChI is InChI=1S/C30H27FN8O2/c1-3-28(40)38-13-19-9-18(10-20(19)14-38)23-4-5-24-29(36-23)30(34-15-32-24)37-25-8-17(2)26(12-22(25)31)41-21-6-7-39-27(11-21)33-16-35-39/h3-8,11-12,15-16,18-20H,1,9-10,13-14H2,2H3,(H,32,34,37)/t18-,19+,20-. The maximum atomic E-state index is 15.3. The minimum absolute atomic E-state index is 0.00286. The number of benzene rings is 1. The Labute approximate surface area is 234 Å². The minimum atomic E-state index is -0.487. The molecule has 4 aromatic heterocycles. The molecular formula is C30H27FN8O2. The Balaban J connectivity index is 1.12. The lowest BCUT2D eigenvalue weighted by Gasteiger charge is -2.18. The van der Waals surface area contributed by atoms with Gasteiger partial charge >= 0.3 is 0 Å². The number of rotatable bonds is 6. The molecule has 0 bridgehead atoms. The molecule has 1 saturated heterocycles. The molecule has 2 aliphatic rings. The van der Waals surface area contributed by atoms with Gasteiger partial charge in [-0.05, 0) is 67.5 Å². The van der Waals surface area contributed by atoms with Crippen LogP contribution in [0.15, 0.2) is 67.9 Å². The van der Waals surface area contributed by atoms with Gasteiger partial charge < -0.3 is 15.0 Å². The summed E-state index contributed by atoms with van der Waals surface area (Å²) in [7, 11) is 0. The smallest absolute Gasteiger partial charge is 0.245 e. The molecule has 0 radical (unpaired) electrons. The van der Waals surface area contributed by atoms with Crippen molar-refractivity contribution >= 4 is 34.1 Å². The van der Waals surface area contributed by atoms with Crippen molar-refractivity contribution in [3.63, 3.8) is 0 Å². The predicted molar refractivity (Wildman–Crippen MR) is 151 cm³/mol. The fourth-order valence-corrected chi connectivity index (χ4v) is 6.11. The van der Waals surface area contributed by atoms with Gasteiger partial charge in [-0.2, -0.15) is 5.10 Å². The van der Waals surface area contributed by atoms with Crippen LogP contribution in [0, 0.1) is 24.6 Å². The second kappa shape index (κ2) is 9.92. The zero-order chi connectivity index (χ0) is 28.1. The molecule has 7 rings (SSSR count). The molecule has 1 aliphatic heterocycles. The second-order valence-corrected chi connectivity index (χ2v) is 10.7. The van der Waals surface area contributed by atoms with E-state index < -0.39 is 5.82 Å². The van der Waals surface area contributed by atoms with Crippen molar-refractivity contribution < 1.29 is 13.9 Å². The normalized spacial score (nSPS) is 20.0. The SMILES string of the molecule is C=CC(=O)N1C[C@H]2C[C@H](c3ccc4ncnc(Nc5cc(C)c(Oc6ccn7ncnc7c6)cc5F)c4n3)C[C@H]2C1. The van der Waals surface area contributed by atoms with E-state index in [1.165, 1.54) is 24.8 Å². The monoisotopic (exact) mass is 550 g/mol. The summed E-state index contributed by atoms with van der Waals surface area (Å²) >= 11 is 0. The van der Waals surface area contributed by atoms with E-state index in [9.17, 15) is 4.79 Å². The molecular weight excluding hydrogens is 523 g/mol. The highest BCUT2D eigenvalue weighted by Crippen LogP contribution is 2.46. The molecule has 10 nitrogen and oxygen atoms in total. The first-order valence-electron chi connectivity index (χ1n) is 13.5. The molecule has 5 aromatic rings. The molecule has 1 N–H and O–H groups in total. The van der Waals surface area contributed by atoms with E-state index in [-0.39, 0.29) is 17.5 Å². The van der Waals surface area contributed by atoms with Crippen molar-refractivity contribution in [3.05, 3.63) is 85.0 Å². The number of amides is 1. The van der Waals surface area contributed by atoms with Crippen LogP contribution in [0.5, 0.6) is 11.5 Å². The summed E-state index contributed by atoms with van der Waals surface area (Å²) in [6, 6.07) is 10.5. The first-order chi connectivity index (χ1) is 19.9. The summed E-state index contributed by atoms with van der Waals surface area (Å²) in [5.74, 6) is 2.08. The number of pyridine rings is 2. The molecule has 41 heavy (non-hydrogen) atoms. The maximum Gasteiger partial charge on any atom is 0.245 e. The van der Waals surface area contributed by atoms with Gasteiger partial charge in [0.05, 0.1) is 11.2 Å². The average molecular weight is 551 g/mol. The molecule has 1 aliphatic carbocycles. The van der Waals surface area contributed by atoms with Crippen LogP contribution in [0.3, 0.4) is 0 Å². The largest absolute Gasteiger partial charge is 0.457 e. The van der Waals surface area contributed by atoms with E-state index in [4.69, 9.17) is 9.72 Å². The summed E-state index contributed by atoms with van der Waals surface area (Å²) < 4.78 is 22.9. The van der Waals surface area contributed by atoms with Crippen LogP contribution in [0.4, 0.5) is 15.9 Å². The molecule has 5 heterocycles. The Kier molecular flexibility index (Phi) is 6.06. The number of fused-ring (bicyclic) bond motifs is 3. The van der Waals surface area contributed by atoms with Gasteiger partial charge in [0, 0.05) is 43.0 Å². The number of nitrogens with zero attached hydrogens (tertiary/aromatic N) is 7. The van der Waals surface area contributed by atoms with Crippen molar-refractivity contribution in [1.29, 1.82) is 0 Å². The molecule has 3 atom stereocenters. The molecule has 206 valence electrons. The van der Waals surface area contributed by atoms with Gasteiger partial charge in [-0.1, -0.05) is 6.58 Å². The third-order valence-electron chi connectivity index (χ3n) is 8.16. The highest BCUT2D eigenvalue weighted by Gasteiger charge is 2.42. The van der Waals surface area contributed by atoms with Crippen LogP contribution >= 0.6 is 0 Å². The third-order valence-corrected chi connectivity index (χ3v) is 8.16. The van der Waals surface area contributed by atoms with Crippen LogP contribution in [0.1, 0.15) is 30.0 Å². The Morgan fingerprint density at radius 2 is 1.93 bits per heavy atom. The highest BCUT2D eigenvalue weighted by molar-refractivity contribution is 5.88. The van der Waals surface area contributed by atoms with Crippen LogP contribution in [0.2, 0.25) is 0 Å². The van der Waals surface area contributed by atoms with Gasteiger partial charge in [-0.3, -0.25) is 4.79 Å². The lowest BCUT2D eigenvalue weighted by atomic mass is 10.0. The van der Waals surface area contributed by atoms with E-state index in [1.54, 1.807) is 28.9 Å². The van der Waals surface area contributed by atoms with Crippen molar-refractivity contribution in [2.45, 2.75) is 25.7 Å². The molecule has 11 heteroatoms. The molecule has 1 amide bonds. The fourth-order valence-electron chi connectivity index (χ4n) is 6.11. The highest BCUT2D eigenvalue weighted by atomic mass is 19.1. The van der Waals surface area contributed by atoms with Crippen molar-refractivity contribution in [1.82, 2.24) is 34.4 Å². The van der Waals surface area contributed by atoms with Crippen LogP contribution in [-0.2, 0) is 4.79 Å². The van der Waals surface area contributed by atoms with Gasteiger partial charge in [0.1, 0.15) is 35.5 Å². The lowest BCUT2D eigenvalue weighted by molar-refractivity contribution is -0.125. The van der Waals surface area contributed by atoms with Gasteiger partial charge in [-0.25, -0.2) is 28.8 Å². The van der Waals surface area contributed by atoms with Gasteiger partial charge in [-0.15, -0.1) is 0 Å². The number of hydrogen-bond acceptors (Lipinski definition) is 8. The van der Waals surface area contributed by atoms with Crippen LogP contribution < -0.4 is 10.1 Å². The Hall–Kier alpha value is -4.93. The van der Waals surface area contributed by atoms with Gasteiger partial charge in [0.25, 0.3) is 0 Å². The first-order valence-corrected chi connectivity index (χ1v) is 13.5. The molecule has 1 aromatic carbocycles.